The van der Waals surface area contributed by atoms with Gasteiger partial charge in [-0.1, -0.05) is 13.0 Å². The van der Waals surface area contributed by atoms with Gasteiger partial charge in [-0.15, -0.1) is 0 Å². The number of benzene rings is 1. The molecule has 0 saturated carbocycles. The molecule has 1 aromatic heterocycles. The number of rotatable bonds is 7. The van der Waals surface area contributed by atoms with Gasteiger partial charge in [0.25, 0.3) is 0 Å². The number of nitrogens with one attached hydrogen (secondary N) is 1. The van der Waals surface area contributed by atoms with Crippen LogP contribution in [-0.4, -0.2) is 24.2 Å². The van der Waals surface area contributed by atoms with Crippen molar-refractivity contribution < 1.29 is 4.74 Å². The zero-order valence-electron chi connectivity index (χ0n) is 12.6. The Bertz CT molecular complexity index is 629. The second kappa shape index (κ2) is 7.05. The van der Waals surface area contributed by atoms with Gasteiger partial charge in [0.2, 0.25) is 0 Å². The monoisotopic (exact) mass is 283 g/mol. The second-order valence-electron chi connectivity index (χ2n) is 5.11. The lowest BCUT2D eigenvalue weighted by atomic mass is 9.92. The summed E-state index contributed by atoms with van der Waals surface area (Å²) in [6, 6.07) is 12.2. The minimum Gasteiger partial charge on any atom is -0.494 e. The smallest absolute Gasteiger partial charge is 0.121 e. The van der Waals surface area contributed by atoms with E-state index in [1.165, 1.54) is 0 Å². The third kappa shape index (κ3) is 3.71. The normalized spacial score (nSPS) is 13.6. The van der Waals surface area contributed by atoms with Gasteiger partial charge in [0, 0.05) is 17.6 Å². The molecule has 0 saturated heterocycles. The van der Waals surface area contributed by atoms with Crippen LogP contribution in [0.2, 0.25) is 0 Å². The minimum absolute atomic E-state index is 0.436. The average molecular weight is 283 g/mol. The van der Waals surface area contributed by atoms with Crippen molar-refractivity contribution in [3.05, 3.63) is 36.5 Å². The molecule has 0 amide bonds. The van der Waals surface area contributed by atoms with Crippen LogP contribution < -0.4 is 10.1 Å². The van der Waals surface area contributed by atoms with Crippen molar-refractivity contribution in [1.82, 2.24) is 10.3 Å². The summed E-state index contributed by atoms with van der Waals surface area (Å²) in [4.78, 5) is 4.32. The molecule has 110 valence electrons. The lowest BCUT2D eigenvalue weighted by molar-refractivity contribution is 0.281. The molecule has 0 radical (unpaired) electrons. The number of pyridine rings is 1. The van der Waals surface area contributed by atoms with Crippen molar-refractivity contribution >= 4 is 10.9 Å². The molecule has 2 aromatic rings. The first kappa shape index (κ1) is 15.3. The first-order chi connectivity index (χ1) is 10.2. The van der Waals surface area contributed by atoms with E-state index in [-0.39, 0.29) is 0 Å². The van der Waals surface area contributed by atoms with Crippen molar-refractivity contribution in [3.63, 3.8) is 0 Å². The van der Waals surface area contributed by atoms with E-state index in [0.29, 0.717) is 6.61 Å². The molecule has 0 aliphatic carbocycles. The van der Waals surface area contributed by atoms with Crippen LogP contribution in [0.4, 0.5) is 0 Å². The third-order valence-corrected chi connectivity index (χ3v) is 3.89. The summed E-state index contributed by atoms with van der Waals surface area (Å²) in [5, 5.41) is 13.5. The molecule has 1 unspecified atom stereocenters. The Balaban J connectivity index is 1.89. The largest absolute Gasteiger partial charge is 0.494 e. The fourth-order valence-corrected chi connectivity index (χ4v) is 2.37. The quantitative estimate of drug-likeness (QED) is 0.792. The highest BCUT2D eigenvalue weighted by atomic mass is 16.5. The van der Waals surface area contributed by atoms with Crippen LogP contribution in [0, 0.1) is 11.3 Å². The number of ether oxygens (including phenoxy) is 1. The molecule has 0 aliphatic rings. The summed E-state index contributed by atoms with van der Waals surface area (Å²) < 4.78 is 5.77. The van der Waals surface area contributed by atoms with E-state index in [2.05, 4.69) is 16.4 Å². The van der Waals surface area contributed by atoms with Gasteiger partial charge < -0.3 is 10.1 Å². The van der Waals surface area contributed by atoms with Crippen molar-refractivity contribution in [2.24, 2.45) is 0 Å². The van der Waals surface area contributed by atoms with E-state index in [1.54, 1.807) is 6.20 Å². The molecule has 1 aromatic carbocycles. The van der Waals surface area contributed by atoms with Crippen LogP contribution in [0.3, 0.4) is 0 Å². The maximum atomic E-state index is 9.25. The maximum absolute atomic E-state index is 9.25. The Hall–Kier alpha value is -2.12. The SMILES string of the molecule is CCC(C#N)(CCCOc1ccc2cccnc2c1)NC. The number of nitriles is 1. The van der Waals surface area contributed by atoms with Gasteiger partial charge in [-0.25, -0.2) is 0 Å². The average Bonchev–Trinajstić information content (AvgIpc) is 2.55. The van der Waals surface area contributed by atoms with Gasteiger partial charge in [-0.05, 0) is 44.5 Å². The Kier molecular flexibility index (Phi) is 5.13. The number of aromatic nitrogens is 1. The molecule has 1 atom stereocenters. The Labute approximate surface area is 125 Å². The predicted molar refractivity (Wildman–Crippen MR) is 84.2 cm³/mol. The number of nitrogens with zero attached hydrogens (tertiary/aromatic N) is 2. The molecule has 0 aliphatic heterocycles. The van der Waals surface area contributed by atoms with Crippen LogP contribution in [0.1, 0.15) is 26.2 Å². The Morgan fingerprint density at radius 2 is 2.24 bits per heavy atom. The number of fused-ring (bicyclic) bond motifs is 1. The van der Waals surface area contributed by atoms with Crippen LogP contribution in [-0.2, 0) is 0 Å². The predicted octanol–water partition coefficient (Wildman–Crippen LogP) is 3.29. The van der Waals surface area contributed by atoms with Gasteiger partial charge in [0.05, 0.1) is 18.2 Å². The van der Waals surface area contributed by atoms with Crippen molar-refractivity contribution in [2.75, 3.05) is 13.7 Å². The van der Waals surface area contributed by atoms with Gasteiger partial charge >= 0.3 is 0 Å². The van der Waals surface area contributed by atoms with Gasteiger partial charge in [-0.3, -0.25) is 4.98 Å². The molecule has 2 rings (SSSR count). The van der Waals surface area contributed by atoms with E-state index in [4.69, 9.17) is 4.74 Å². The first-order valence-electron chi connectivity index (χ1n) is 7.31. The number of hydrogen-bond donors (Lipinski definition) is 1. The topological polar surface area (TPSA) is 57.9 Å². The van der Waals surface area contributed by atoms with E-state index < -0.39 is 5.54 Å². The van der Waals surface area contributed by atoms with Crippen LogP contribution in [0.5, 0.6) is 5.75 Å². The lowest BCUT2D eigenvalue weighted by Crippen LogP contribution is -2.41. The molecule has 1 N–H and O–H groups in total. The summed E-state index contributed by atoms with van der Waals surface area (Å²) in [6.45, 7) is 2.62. The van der Waals surface area contributed by atoms with Crippen LogP contribution >= 0.6 is 0 Å². The molecular weight excluding hydrogens is 262 g/mol. The number of hydrogen-bond acceptors (Lipinski definition) is 4. The molecule has 4 nitrogen and oxygen atoms in total. The highest BCUT2D eigenvalue weighted by molar-refractivity contribution is 5.79. The molecule has 4 heteroatoms. The summed E-state index contributed by atoms with van der Waals surface area (Å²) >= 11 is 0. The molecular formula is C17H21N3O. The van der Waals surface area contributed by atoms with Gasteiger partial charge in [-0.2, -0.15) is 5.26 Å². The molecule has 0 fully saturated rings. The maximum Gasteiger partial charge on any atom is 0.121 e. The summed E-state index contributed by atoms with van der Waals surface area (Å²) in [5.74, 6) is 0.824. The third-order valence-electron chi connectivity index (χ3n) is 3.89. The van der Waals surface area contributed by atoms with Crippen molar-refractivity contribution in [3.8, 4) is 11.8 Å². The molecule has 0 spiro atoms. The van der Waals surface area contributed by atoms with E-state index in [1.807, 2.05) is 44.3 Å². The van der Waals surface area contributed by atoms with Crippen molar-refractivity contribution in [2.45, 2.75) is 31.7 Å². The summed E-state index contributed by atoms with van der Waals surface area (Å²) in [5.41, 5.74) is 0.499. The fourth-order valence-electron chi connectivity index (χ4n) is 2.37. The lowest BCUT2D eigenvalue weighted by Gasteiger charge is -2.24. The van der Waals surface area contributed by atoms with Crippen molar-refractivity contribution in [1.29, 1.82) is 5.26 Å². The van der Waals surface area contributed by atoms with E-state index >= 15 is 0 Å². The zero-order valence-corrected chi connectivity index (χ0v) is 12.6. The highest BCUT2D eigenvalue weighted by Crippen LogP contribution is 2.20. The standard InChI is InChI=1S/C17H21N3O/c1-3-17(13-18,19-2)9-5-11-21-15-8-7-14-6-4-10-20-16(14)12-15/h4,6-8,10,12,19H,3,5,9,11H2,1-2H3. The fraction of sp³-hybridized carbons (Fsp3) is 0.412. The summed E-state index contributed by atoms with van der Waals surface area (Å²) in [6.07, 6.45) is 4.19. The minimum atomic E-state index is -0.436. The second-order valence-corrected chi connectivity index (χ2v) is 5.11. The van der Waals surface area contributed by atoms with Crippen LogP contribution in [0.25, 0.3) is 10.9 Å². The zero-order chi connectivity index (χ0) is 15.1. The van der Waals surface area contributed by atoms with E-state index in [0.717, 1.165) is 35.9 Å². The van der Waals surface area contributed by atoms with Crippen LogP contribution in [0.15, 0.2) is 36.5 Å². The van der Waals surface area contributed by atoms with Gasteiger partial charge in [0.1, 0.15) is 11.3 Å². The van der Waals surface area contributed by atoms with Gasteiger partial charge in [0.15, 0.2) is 0 Å². The molecule has 0 bridgehead atoms. The molecule has 21 heavy (non-hydrogen) atoms. The summed E-state index contributed by atoms with van der Waals surface area (Å²) in [7, 11) is 1.84. The first-order valence-corrected chi connectivity index (χ1v) is 7.31. The Morgan fingerprint density at radius 1 is 1.38 bits per heavy atom. The highest BCUT2D eigenvalue weighted by Gasteiger charge is 2.24. The Morgan fingerprint density at radius 3 is 2.95 bits per heavy atom. The van der Waals surface area contributed by atoms with E-state index in [9.17, 15) is 5.26 Å². The molecule has 1 heterocycles.